The van der Waals surface area contributed by atoms with Crippen LogP contribution in [0.15, 0.2) is 0 Å². The fourth-order valence-corrected chi connectivity index (χ4v) is 2.33. The molecule has 16 heavy (non-hydrogen) atoms. The molecule has 0 aromatic carbocycles. The van der Waals surface area contributed by atoms with Gasteiger partial charge in [0.25, 0.3) is 0 Å². The second kappa shape index (κ2) is 4.36. The summed E-state index contributed by atoms with van der Waals surface area (Å²) in [5.41, 5.74) is -0.284. The standard InChI is InChI=1S/C13H24O3/c1-12(2,3)10(11(14)15)8-9-6-7-13(4,5)16-9/h9-10H,6-8H2,1-5H3,(H,14,15). The maximum absolute atomic E-state index is 11.2. The van der Waals surface area contributed by atoms with Crippen LogP contribution in [0.1, 0.15) is 53.9 Å². The van der Waals surface area contributed by atoms with E-state index in [2.05, 4.69) is 13.8 Å². The Morgan fingerprint density at radius 3 is 2.38 bits per heavy atom. The molecule has 3 nitrogen and oxygen atoms in total. The smallest absolute Gasteiger partial charge is 0.307 e. The molecular weight excluding hydrogens is 204 g/mol. The Morgan fingerprint density at radius 1 is 1.50 bits per heavy atom. The van der Waals surface area contributed by atoms with Gasteiger partial charge in [-0.15, -0.1) is 0 Å². The largest absolute Gasteiger partial charge is 0.481 e. The fourth-order valence-electron chi connectivity index (χ4n) is 2.33. The lowest BCUT2D eigenvalue weighted by molar-refractivity contribution is -0.148. The van der Waals surface area contributed by atoms with E-state index in [1.807, 2.05) is 20.8 Å². The van der Waals surface area contributed by atoms with Gasteiger partial charge in [0.15, 0.2) is 0 Å². The molecule has 1 heterocycles. The number of carboxylic acids is 1. The van der Waals surface area contributed by atoms with Crippen LogP contribution in [-0.4, -0.2) is 22.8 Å². The Kier molecular flexibility index (Phi) is 3.68. The molecule has 0 aromatic rings. The zero-order chi connectivity index (χ0) is 12.6. The van der Waals surface area contributed by atoms with Gasteiger partial charge >= 0.3 is 5.97 Å². The summed E-state index contributed by atoms with van der Waals surface area (Å²) in [7, 11) is 0. The monoisotopic (exact) mass is 228 g/mol. The maximum atomic E-state index is 11.2. The summed E-state index contributed by atoms with van der Waals surface area (Å²) in [6, 6.07) is 0. The summed E-state index contributed by atoms with van der Waals surface area (Å²) in [5.74, 6) is -1.03. The number of rotatable bonds is 3. The lowest BCUT2D eigenvalue weighted by Crippen LogP contribution is -2.32. The molecule has 0 aliphatic carbocycles. The van der Waals surface area contributed by atoms with Crippen molar-refractivity contribution in [2.45, 2.75) is 65.6 Å². The van der Waals surface area contributed by atoms with Crippen molar-refractivity contribution in [1.29, 1.82) is 0 Å². The van der Waals surface area contributed by atoms with Crippen LogP contribution < -0.4 is 0 Å². The van der Waals surface area contributed by atoms with Gasteiger partial charge in [0.1, 0.15) is 0 Å². The lowest BCUT2D eigenvalue weighted by atomic mass is 9.77. The van der Waals surface area contributed by atoms with Crippen LogP contribution in [0.3, 0.4) is 0 Å². The predicted molar refractivity (Wildman–Crippen MR) is 63.4 cm³/mol. The van der Waals surface area contributed by atoms with Crippen molar-refractivity contribution in [2.24, 2.45) is 11.3 Å². The van der Waals surface area contributed by atoms with Gasteiger partial charge in [-0.2, -0.15) is 0 Å². The molecule has 94 valence electrons. The Labute approximate surface area is 98.2 Å². The van der Waals surface area contributed by atoms with Crippen LogP contribution in [0.2, 0.25) is 0 Å². The molecule has 2 unspecified atom stereocenters. The minimum atomic E-state index is -0.708. The van der Waals surface area contributed by atoms with Crippen LogP contribution in [0, 0.1) is 11.3 Å². The number of ether oxygens (including phenoxy) is 1. The Bertz CT molecular complexity index is 263. The van der Waals surface area contributed by atoms with E-state index in [4.69, 9.17) is 4.74 Å². The van der Waals surface area contributed by atoms with E-state index in [1.165, 1.54) is 0 Å². The molecule has 1 fully saturated rings. The van der Waals surface area contributed by atoms with E-state index in [1.54, 1.807) is 0 Å². The molecule has 1 saturated heterocycles. The first-order chi connectivity index (χ1) is 7.12. The molecule has 2 atom stereocenters. The molecule has 1 rings (SSSR count). The average Bonchev–Trinajstić information content (AvgIpc) is 2.38. The van der Waals surface area contributed by atoms with E-state index in [0.717, 1.165) is 12.8 Å². The minimum Gasteiger partial charge on any atom is -0.481 e. The van der Waals surface area contributed by atoms with Crippen LogP contribution in [-0.2, 0) is 9.53 Å². The van der Waals surface area contributed by atoms with Gasteiger partial charge in [0.2, 0.25) is 0 Å². The second-order valence-corrected chi connectivity index (χ2v) is 6.53. The number of hydrogen-bond donors (Lipinski definition) is 1. The van der Waals surface area contributed by atoms with E-state index in [9.17, 15) is 9.90 Å². The topological polar surface area (TPSA) is 46.5 Å². The van der Waals surface area contributed by atoms with E-state index in [-0.39, 0.29) is 23.0 Å². The first kappa shape index (κ1) is 13.5. The fraction of sp³-hybridized carbons (Fsp3) is 0.923. The van der Waals surface area contributed by atoms with E-state index < -0.39 is 5.97 Å². The normalized spacial score (nSPS) is 26.7. The van der Waals surface area contributed by atoms with E-state index >= 15 is 0 Å². The SMILES string of the molecule is CC1(C)CCC(CC(C(=O)O)C(C)(C)C)O1. The summed E-state index contributed by atoms with van der Waals surface area (Å²) >= 11 is 0. The van der Waals surface area contributed by atoms with Gasteiger partial charge in [0.05, 0.1) is 17.6 Å². The van der Waals surface area contributed by atoms with Gasteiger partial charge in [-0.25, -0.2) is 0 Å². The van der Waals surface area contributed by atoms with Crippen molar-refractivity contribution in [3.05, 3.63) is 0 Å². The van der Waals surface area contributed by atoms with Gasteiger partial charge in [-0.3, -0.25) is 4.79 Å². The Morgan fingerprint density at radius 2 is 2.06 bits per heavy atom. The van der Waals surface area contributed by atoms with Crippen LogP contribution in [0.4, 0.5) is 0 Å². The molecule has 0 radical (unpaired) electrons. The number of aliphatic carboxylic acids is 1. The highest BCUT2D eigenvalue weighted by molar-refractivity contribution is 5.70. The molecule has 0 aromatic heterocycles. The summed E-state index contributed by atoms with van der Waals surface area (Å²) in [5, 5.41) is 9.24. The molecule has 3 heteroatoms. The summed E-state index contributed by atoms with van der Waals surface area (Å²) in [6.07, 6.45) is 2.74. The van der Waals surface area contributed by atoms with Crippen LogP contribution in [0.5, 0.6) is 0 Å². The highest BCUT2D eigenvalue weighted by Gasteiger charge is 2.38. The van der Waals surface area contributed by atoms with Gasteiger partial charge in [0, 0.05) is 0 Å². The Hall–Kier alpha value is -0.570. The third kappa shape index (κ3) is 3.48. The van der Waals surface area contributed by atoms with Gasteiger partial charge < -0.3 is 9.84 Å². The predicted octanol–water partition coefficient (Wildman–Crippen LogP) is 3.08. The van der Waals surface area contributed by atoms with E-state index in [0.29, 0.717) is 6.42 Å². The Balaban J connectivity index is 2.61. The maximum Gasteiger partial charge on any atom is 0.307 e. The molecule has 1 aliphatic rings. The summed E-state index contributed by atoms with van der Waals surface area (Å²) < 4.78 is 5.86. The summed E-state index contributed by atoms with van der Waals surface area (Å²) in [4.78, 5) is 11.2. The molecule has 1 aliphatic heterocycles. The zero-order valence-electron chi connectivity index (χ0n) is 11.0. The molecule has 1 N–H and O–H groups in total. The number of carboxylic acid groups (broad SMARTS) is 1. The molecule has 0 bridgehead atoms. The van der Waals surface area contributed by atoms with Crippen molar-refractivity contribution in [2.75, 3.05) is 0 Å². The third-order valence-corrected chi connectivity index (χ3v) is 3.40. The highest BCUT2D eigenvalue weighted by atomic mass is 16.5. The highest BCUT2D eigenvalue weighted by Crippen LogP contribution is 2.37. The second-order valence-electron chi connectivity index (χ2n) is 6.53. The number of hydrogen-bond acceptors (Lipinski definition) is 2. The van der Waals surface area contributed by atoms with Gasteiger partial charge in [-0.1, -0.05) is 20.8 Å². The van der Waals surface area contributed by atoms with Crippen molar-refractivity contribution < 1.29 is 14.6 Å². The molecule has 0 spiro atoms. The number of carbonyl (C=O) groups is 1. The van der Waals surface area contributed by atoms with Crippen LogP contribution in [0.25, 0.3) is 0 Å². The first-order valence-corrected chi connectivity index (χ1v) is 6.02. The van der Waals surface area contributed by atoms with Crippen molar-refractivity contribution in [3.8, 4) is 0 Å². The van der Waals surface area contributed by atoms with Crippen LogP contribution >= 0.6 is 0 Å². The third-order valence-electron chi connectivity index (χ3n) is 3.40. The lowest BCUT2D eigenvalue weighted by Gasteiger charge is -2.29. The zero-order valence-corrected chi connectivity index (χ0v) is 11.0. The van der Waals surface area contributed by atoms with Crippen molar-refractivity contribution in [3.63, 3.8) is 0 Å². The minimum absolute atomic E-state index is 0.0778. The summed E-state index contributed by atoms with van der Waals surface area (Å²) in [6.45, 7) is 10.1. The molecule has 0 saturated carbocycles. The van der Waals surface area contributed by atoms with Crippen molar-refractivity contribution >= 4 is 5.97 Å². The first-order valence-electron chi connectivity index (χ1n) is 6.02. The average molecular weight is 228 g/mol. The molecule has 0 amide bonds. The van der Waals surface area contributed by atoms with Crippen molar-refractivity contribution in [1.82, 2.24) is 0 Å². The molecular formula is C13H24O3. The quantitative estimate of drug-likeness (QED) is 0.807. The van der Waals surface area contributed by atoms with Gasteiger partial charge in [-0.05, 0) is 38.5 Å².